The van der Waals surface area contributed by atoms with Crippen LogP contribution in [0.25, 0.3) is 0 Å². The number of hydrogen-bond acceptors (Lipinski definition) is 6. The van der Waals surface area contributed by atoms with Crippen LogP contribution >= 0.6 is 0 Å². The van der Waals surface area contributed by atoms with Crippen LogP contribution in [0.15, 0.2) is 47.4 Å². The summed E-state index contributed by atoms with van der Waals surface area (Å²) in [5.74, 6) is 0.720. The van der Waals surface area contributed by atoms with E-state index in [0.717, 1.165) is 11.3 Å². The Bertz CT molecular complexity index is 1000. The second kappa shape index (κ2) is 10.6. The molecule has 0 atom stereocenters. The van der Waals surface area contributed by atoms with Crippen LogP contribution in [0.4, 0.5) is 5.69 Å². The third kappa shape index (κ3) is 5.96. The molecule has 0 unspecified atom stereocenters. The molecule has 0 spiro atoms. The number of benzene rings is 2. The zero-order valence-corrected chi connectivity index (χ0v) is 18.6. The first-order valence-electron chi connectivity index (χ1n) is 10.2. The molecule has 1 heterocycles. The van der Waals surface area contributed by atoms with Gasteiger partial charge in [0.15, 0.2) is 0 Å². The number of aryl methyl sites for hydroxylation is 1. The number of rotatable bonds is 9. The number of para-hydroxylation sites is 1. The molecule has 0 bridgehead atoms. The lowest BCUT2D eigenvalue weighted by molar-refractivity contribution is -0.116. The minimum absolute atomic E-state index is 0.0326. The van der Waals surface area contributed by atoms with Crippen LogP contribution in [0.1, 0.15) is 18.9 Å². The average molecular weight is 449 g/mol. The van der Waals surface area contributed by atoms with Crippen molar-refractivity contribution in [3.63, 3.8) is 0 Å². The van der Waals surface area contributed by atoms with E-state index >= 15 is 0 Å². The van der Waals surface area contributed by atoms with E-state index in [9.17, 15) is 13.2 Å². The van der Waals surface area contributed by atoms with Crippen molar-refractivity contribution in [2.75, 3.05) is 44.8 Å². The quantitative estimate of drug-likeness (QED) is 0.634. The third-order valence-electron chi connectivity index (χ3n) is 4.80. The van der Waals surface area contributed by atoms with Crippen molar-refractivity contribution in [2.45, 2.75) is 25.2 Å². The fourth-order valence-electron chi connectivity index (χ4n) is 3.18. The summed E-state index contributed by atoms with van der Waals surface area (Å²) in [4.78, 5) is 12.4. The molecule has 1 N–H and O–H groups in total. The van der Waals surface area contributed by atoms with Gasteiger partial charge in [-0.25, -0.2) is 8.42 Å². The maximum absolute atomic E-state index is 13.1. The van der Waals surface area contributed by atoms with E-state index in [2.05, 4.69) is 5.32 Å². The van der Waals surface area contributed by atoms with Crippen LogP contribution in [0.2, 0.25) is 0 Å². The topological polar surface area (TPSA) is 94.2 Å². The fourth-order valence-corrected chi connectivity index (χ4v) is 4.75. The molecule has 1 amide bonds. The predicted molar refractivity (Wildman–Crippen MR) is 117 cm³/mol. The van der Waals surface area contributed by atoms with Gasteiger partial charge in [-0.1, -0.05) is 18.2 Å². The second-order valence-electron chi connectivity index (χ2n) is 7.02. The van der Waals surface area contributed by atoms with E-state index in [1.807, 2.05) is 31.2 Å². The molecule has 2 aromatic carbocycles. The summed E-state index contributed by atoms with van der Waals surface area (Å²) in [6.07, 6.45) is 0.132. The molecule has 3 rings (SSSR count). The lowest BCUT2D eigenvalue weighted by Crippen LogP contribution is -2.40. The second-order valence-corrected chi connectivity index (χ2v) is 8.93. The molecule has 1 aliphatic heterocycles. The Hall–Kier alpha value is -2.62. The van der Waals surface area contributed by atoms with Crippen molar-refractivity contribution in [3.05, 3.63) is 48.0 Å². The number of ether oxygens (including phenoxy) is 3. The number of nitrogens with one attached hydrogen (secondary N) is 1. The number of hydrogen-bond donors (Lipinski definition) is 1. The number of amides is 1. The molecular formula is C22H28N2O6S. The van der Waals surface area contributed by atoms with E-state index in [1.165, 1.54) is 10.4 Å². The zero-order chi connectivity index (χ0) is 22.3. The number of anilines is 1. The van der Waals surface area contributed by atoms with E-state index in [-0.39, 0.29) is 42.7 Å². The maximum Gasteiger partial charge on any atom is 0.246 e. The van der Waals surface area contributed by atoms with Gasteiger partial charge in [0, 0.05) is 18.8 Å². The van der Waals surface area contributed by atoms with Crippen molar-refractivity contribution < 1.29 is 27.4 Å². The Labute approximate surface area is 183 Å². The molecule has 31 heavy (non-hydrogen) atoms. The summed E-state index contributed by atoms with van der Waals surface area (Å²) in [6.45, 7) is 5.52. The molecule has 1 aliphatic rings. The number of nitrogens with zero attached hydrogens (tertiary/aromatic N) is 1. The summed E-state index contributed by atoms with van der Waals surface area (Å²) in [5.41, 5.74) is 1.38. The van der Waals surface area contributed by atoms with Crippen molar-refractivity contribution >= 4 is 21.6 Å². The molecule has 0 aliphatic carbocycles. The van der Waals surface area contributed by atoms with Crippen LogP contribution in [0.5, 0.6) is 11.5 Å². The number of sulfonamides is 1. The van der Waals surface area contributed by atoms with Crippen molar-refractivity contribution in [3.8, 4) is 11.5 Å². The summed E-state index contributed by atoms with van der Waals surface area (Å²) in [7, 11) is -3.78. The van der Waals surface area contributed by atoms with Gasteiger partial charge < -0.3 is 19.5 Å². The van der Waals surface area contributed by atoms with E-state index in [0.29, 0.717) is 25.5 Å². The Morgan fingerprint density at radius 2 is 1.84 bits per heavy atom. The molecule has 1 fully saturated rings. The molecule has 0 saturated carbocycles. The lowest BCUT2D eigenvalue weighted by Gasteiger charge is -2.27. The van der Waals surface area contributed by atoms with Crippen LogP contribution in [0, 0.1) is 6.92 Å². The van der Waals surface area contributed by atoms with Gasteiger partial charge in [-0.2, -0.15) is 4.31 Å². The number of carbonyl (C=O) groups is 1. The minimum Gasteiger partial charge on any atom is -0.493 e. The summed E-state index contributed by atoms with van der Waals surface area (Å²) < 4.78 is 44.1. The van der Waals surface area contributed by atoms with Crippen molar-refractivity contribution in [1.82, 2.24) is 4.31 Å². The van der Waals surface area contributed by atoms with Gasteiger partial charge in [0.05, 0.1) is 32.8 Å². The van der Waals surface area contributed by atoms with Crippen LogP contribution in [-0.2, 0) is 19.6 Å². The van der Waals surface area contributed by atoms with Gasteiger partial charge in [-0.05, 0) is 43.7 Å². The molecule has 1 saturated heterocycles. The first-order chi connectivity index (χ1) is 14.9. The maximum atomic E-state index is 13.1. The third-order valence-corrected chi connectivity index (χ3v) is 6.72. The van der Waals surface area contributed by atoms with Gasteiger partial charge in [0.2, 0.25) is 15.9 Å². The SMILES string of the molecule is CCOc1ccc(NC(=O)CCOc2ccccc2C)cc1S(=O)(=O)N1CCOCC1. The highest BCUT2D eigenvalue weighted by molar-refractivity contribution is 7.89. The Kier molecular flexibility index (Phi) is 7.89. The molecule has 168 valence electrons. The summed E-state index contributed by atoms with van der Waals surface area (Å²) in [6, 6.07) is 12.2. The Morgan fingerprint density at radius 3 is 2.55 bits per heavy atom. The van der Waals surface area contributed by atoms with Gasteiger partial charge >= 0.3 is 0 Å². The molecule has 2 aromatic rings. The molecular weight excluding hydrogens is 420 g/mol. The first kappa shape index (κ1) is 23.1. The van der Waals surface area contributed by atoms with E-state index in [1.54, 1.807) is 19.1 Å². The Morgan fingerprint density at radius 1 is 1.10 bits per heavy atom. The average Bonchev–Trinajstić information content (AvgIpc) is 2.77. The molecule has 0 radical (unpaired) electrons. The van der Waals surface area contributed by atoms with Crippen LogP contribution < -0.4 is 14.8 Å². The smallest absolute Gasteiger partial charge is 0.246 e. The standard InChI is InChI=1S/C22H28N2O6S/c1-3-29-20-9-8-18(16-21(20)31(26,27)24-11-14-28-15-12-24)23-22(25)10-13-30-19-7-5-4-6-17(19)2/h4-9,16H,3,10-15H2,1-2H3,(H,23,25). The fraction of sp³-hybridized carbons (Fsp3) is 0.409. The molecule has 0 aromatic heterocycles. The summed E-state index contributed by atoms with van der Waals surface area (Å²) in [5, 5.41) is 2.75. The van der Waals surface area contributed by atoms with E-state index in [4.69, 9.17) is 14.2 Å². The zero-order valence-electron chi connectivity index (χ0n) is 17.8. The van der Waals surface area contributed by atoms with Gasteiger partial charge in [-0.15, -0.1) is 0 Å². The lowest BCUT2D eigenvalue weighted by atomic mass is 10.2. The van der Waals surface area contributed by atoms with Gasteiger partial charge in [0.25, 0.3) is 0 Å². The monoisotopic (exact) mass is 448 g/mol. The summed E-state index contributed by atoms with van der Waals surface area (Å²) >= 11 is 0. The van der Waals surface area contributed by atoms with Crippen molar-refractivity contribution in [2.24, 2.45) is 0 Å². The number of morpholine rings is 1. The highest BCUT2D eigenvalue weighted by Crippen LogP contribution is 2.30. The normalized spacial score (nSPS) is 14.8. The van der Waals surface area contributed by atoms with Gasteiger partial charge in [0.1, 0.15) is 16.4 Å². The number of carbonyl (C=O) groups excluding carboxylic acids is 1. The van der Waals surface area contributed by atoms with Crippen LogP contribution in [-0.4, -0.2) is 58.1 Å². The highest BCUT2D eigenvalue weighted by Gasteiger charge is 2.29. The Balaban J connectivity index is 1.69. The molecule has 9 heteroatoms. The highest BCUT2D eigenvalue weighted by atomic mass is 32.2. The van der Waals surface area contributed by atoms with Crippen LogP contribution in [0.3, 0.4) is 0 Å². The van der Waals surface area contributed by atoms with Crippen molar-refractivity contribution in [1.29, 1.82) is 0 Å². The predicted octanol–water partition coefficient (Wildman–Crippen LogP) is 2.82. The van der Waals surface area contributed by atoms with Gasteiger partial charge in [-0.3, -0.25) is 4.79 Å². The minimum atomic E-state index is -3.78. The molecule has 8 nitrogen and oxygen atoms in total. The largest absolute Gasteiger partial charge is 0.493 e. The van der Waals surface area contributed by atoms with E-state index < -0.39 is 10.0 Å². The first-order valence-corrected chi connectivity index (χ1v) is 11.7.